The number of benzene rings is 1. The summed E-state index contributed by atoms with van der Waals surface area (Å²) in [5.41, 5.74) is 1.22. The zero-order chi connectivity index (χ0) is 23.2. The lowest BCUT2D eigenvalue weighted by Crippen LogP contribution is -2.54. The van der Waals surface area contributed by atoms with Crippen LogP contribution in [-0.4, -0.2) is 110 Å². The van der Waals surface area contributed by atoms with Crippen LogP contribution in [0.15, 0.2) is 24.3 Å². The van der Waals surface area contributed by atoms with E-state index in [0.29, 0.717) is 64.5 Å². The van der Waals surface area contributed by atoms with Gasteiger partial charge in [-0.1, -0.05) is 0 Å². The SMILES string of the molecule is O=C(NCC(=O)N1CCN(C(=O)CN2CCOCC2)CC1)c1ccc(N2CCCC2=O)cc1. The minimum absolute atomic E-state index is 0.0800. The molecule has 0 atom stereocenters. The van der Waals surface area contributed by atoms with Crippen LogP contribution in [0, 0.1) is 0 Å². The summed E-state index contributed by atoms with van der Waals surface area (Å²) in [6, 6.07) is 6.85. The third-order valence-corrected chi connectivity index (χ3v) is 6.36. The number of ether oxygens (including phenoxy) is 1. The van der Waals surface area contributed by atoms with Crippen molar-refractivity contribution in [2.75, 3.05) is 77.0 Å². The second kappa shape index (κ2) is 10.8. The van der Waals surface area contributed by atoms with Gasteiger partial charge in [-0.3, -0.25) is 24.1 Å². The molecule has 3 fully saturated rings. The van der Waals surface area contributed by atoms with Gasteiger partial charge in [-0.25, -0.2) is 0 Å². The number of anilines is 1. The average molecular weight is 458 g/mol. The molecule has 1 aromatic carbocycles. The summed E-state index contributed by atoms with van der Waals surface area (Å²) in [4.78, 5) is 56.6. The minimum Gasteiger partial charge on any atom is -0.379 e. The fourth-order valence-corrected chi connectivity index (χ4v) is 4.34. The summed E-state index contributed by atoms with van der Waals surface area (Å²) in [6.45, 7) is 5.76. The topological polar surface area (TPSA) is 102 Å². The van der Waals surface area contributed by atoms with Crippen LogP contribution in [0.1, 0.15) is 23.2 Å². The lowest BCUT2D eigenvalue weighted by Gasteiger charge is -2.36. The first-order chi connectivity index (χ1) is 16.0. The molecule has 0 radical (unpaired) electrons. The molecule has 0 aromatic heterocycles. The van der Waals surface area contributed by atoms with Crippen molar-refractivity contribution >= 4 is 29.3 Å². The summed E-state index contributed by atoms with van der Waals surface area (Å²) < 4.78 is 5.31. The number of amides is 4. The molecule has 33 heavy (non-hydrogen) atoms. The van der Waals surface area contributed by atoms with Crippen LogP contribution in [0.5, 0.6) is 0 Å². The van der Waals surface area contributed by atoms with Crippen LogP contribution in [0.2, 0.25) is 0 Å². The van der Waals surface area contributed by atoms with E-state index in [1.807, 2.05) is 0 Å². The Morgan fingerprint density at radius 1 is 0.848 bits per heavy atom. The summed E-state index contributed by atoms with van der Waals surface area (Å²) in [7, 11) is 0. The second-order valence-electron chi connectivity index (χ2n) is 8.53. The molecule has 178 valence electrons. The largest absolute Gasteiger partial charge is 0.379 e. The fraction of sp³-hybridized carbons (Fsp3) is 0.565. The second-order valence-corrected chi connectivity index (χ2v) is 8.53. The number of nitrogens with one attached hydrogen (secondary N) is 1. The molecule has 3 heterocycles. The van der Waals surface area contributed by atoms with Gasteiger partial charge in [0.05, 0.1) is 26.3 Å². The van der Waals surface area contributed by atoms with Crippen LogP contribution in [0.4, 0.5) is 5.69 Å². The highest BCUT2D eigenvalue weighted by Gasteiger charge is 2.26. The first kappa shape index (κ1) is 23.2. The first-order valence-corrected chi connectivity index (χ1v) is 11.6. The number of rotatable bonds is 6. The Kier molecular flexibility index (Phi) is 7.56. The first-order valence-electron chi connectivity index (χ1n) is 11.6. The Labute approximate surface area is 193 Å². The number of piperazine rings is 1. The average Bonchev–Trinajstić information content (AvgIpc) is 3.29. The number of carbonyl (C=O) groups is 4. The maximum Gasteiger partial charge on any atom is 0.251 e. The third-order valence-electron chi connectivity index (χ3n) is 6.36. The number of morpholine rings is 1. The molecule has 4 rings (SSSR count). The van der Waals surface area contributed by atoms with Crippen LogP contribution in [0.25, 0.3) is 0 Å². The van der Waals surface area contributed by atoms with Gasteiger partial charge in [0, 0.05) is 63.5 Å². The molecule has 3 aliphatic rings. The molecule has 10 heteroatoms. The molecule has 0 aliphatic carbocycles. The summed E-state index contributed by atoms with van der Waals surface area (Å²) in [6.07, 6.45) is 1.40. The Morgan fingerprint density at radius 3 is 2.09 bits per heavy atom. The van der Waals surface area contributed by atoms with E-state index < -0.39 is 0 Å². The Hall–Kier alpha value is -2.98. The molecular weight excluding hydrogens is 426 g/mol. The van der Waals surface area contributed by atoms with Gasteiger partial charge in [-0.15, -0.1) is 0 Å². The maximum atomic E-state index is 12.5. The molecular formula is C23H31N5O5. The number of carbonyl (C=O) groups excluding carboxylic acids is 4. The lowest BCUT2D eigenvalue weighted by molar-refractivity contribution is -0.140. The van der Waals surface area contributed by atoms with E-state index in [9.17, 15) is 19.2 Å². The molecule has 0 saturated carbocycles. The quantitative estimate of drug-likeness (QED) is 0.621. The van der Waals surface area contributed by atoms with Crippen LogP contribution < -0.4 is 10.2 Å². The molecule has 4 amide bonds. The number of hydrogen-bond donors (Lipinski definition) is 1. The molecule has 0 bridgehead atoms. The van der Waals surface area contributed by atoms with Crippen molar-refractivity contribution < 1.29 is 23.9 Å². The highest BCUT2D eigenvalue weighted by atomic mass is 16.5. The number of hydrogen-bond acceptors (Lipinski definition) is 6. The van der Waals surface area contributed by atoms with E-state index in [-0.39, 0.29) is 30.2 Å². The lowest BCUT2D eigenvalue weighted by atomic mass is 10.2. The standard InChI is InChI=1S/C23H31N5O5/c29-20-2-1-7-28(20)19-5-3-18(4-6-19)23(32)24-16-21(30)26-8-10-27(11-9-26)22(31)17-25-12-14-33-15-13-25/h3-6H,1-2,7-17H2,(H,24,32). The van der Waals surface area contributed by atoms with Gasteiger partial charge >= 0.3 is 0 Å². The predicted octanol–water partition coefficient (Wildman–Crippen LogP) is -0.454. The van der Waals surface area contributed by atoms with E-state index in [0.717, 1.165) is 25.2 Å². The highest BCUT2D eigenvalue weighted by Crippen LogP contribution is 2.21. The Bertz CT molecular complexity index is 876. The van der Waals surface area contributed by atoms with Crippen molar-refractivity contribution in [3.8, 4) is 0 Å². The van der Waals surface area contributed by atoms with E-state index in [4.69, 9.17) is 4.74 Å². The van der Waals surface area contributed by atoms with Gasteiger partial charge in [0.25, 0.3) is 5.91 Å². The Balaban J connectivity index is 1.19. The van der Waals surface area contributed by atoms with Gasteiger partial charge in [0.1, 0.15) is 0 Å². The van der Waals surface area contributed by atoms with Crippen LogP contribution >= 0.6 is 0 Å². The number of nitrogens with zero attached hydrogens (tertiary/aromatic N) is 4. The summed E-state index contributed by atoms with van der Waals surface area (Å²) in [5, 5.41) is 2.67. The molecule has 0 spiro atoms. The van der Waals surface area contributed by atoms with E-state index >= 15 is 0 Å². The van der Waals surface area contributed by atoms with E-state index in [1.54, 1.807) is 39.0 Å². The van der Waals surface area contributed by atoms with Gasteiger partial charge in [0.2, 0.25) is 17.7 Å². The normalized spacial score (nSPS) is 19.6. The van der Waals surface area contributed by atoms with Crippen molar-refractivity contribution in [2.45, 2.75) is 12.8 Å². The summed E-state index contributed by atoms with van der Waals surface area (Å²) >= 11 is 0. The molecule has 3 saturated heterocycles. The van der Waals surface area contributed by atoms with Gasteiger partial charge in [-0.05, 0) is 30.7 Å². The van der Waals surface area contributed by atoms with Crippen molar-refractivity contribution in [3.05, 3.63) is 29.8 Å². The molecule has 0 unspecified atom stereocenters. The summed E-state index contributed by atoms with van der Waals surface area (Å²) in [5.74, 6) is -0.318. The Morgan fingerprint density at radius 2 is 1.48 bits per heavy atom. The fourth-order valence-electron chi connectivity index (χ4n) is 4.34. The zero-order valence-electron chi connectivity index (χ0n) is 18.8. The van der Waals surface area contributed by atoms with Gasteiger partial charge < -0.3 is 24.8 Å². The molecule has 3 aliphatic heterocycles. The van der Waals surface area contributed by atoms with Crippen molar-refractivity contribution in [2.24, 2.45) is 0 Å². The molecule has 10 nitrogen and oxygen atoms in total. The smallest absolute Gasteiger partial charge is 0.251 e. The predicted molar refractivity (Wildman–Crippen MR) is 121 cm³/mol. The highest BCUT2D eigenvalue weighted by molar-refractivity contribution is 5.98. The molecule has 1 aromatic rings. The van der Waals surface area contributed by atoms with Crippen LogP contribution in [0.3, 0.4) is 0 Å². The monoisotopic (exact) mass is 457 g/mol. The molecule has 1 N–H and O–H groups in total. The maximum absolute atomic E-state index is 12.5. The van der Waals surface area contributed by atoms with Crippen molar-refractivity contribution in [1.82, 2.24) is 20.0 Å². The minimum atomic E-state index is -0.332. The van der Waals surface area contributed by atoms with Gasteiger partial charge in [0.15, 0.2) is 0 Å². The van der Waals surface area contributed by atoms with E-state index in [1.165, 1.54) is 0 Å². The van der Waals surface area contributed by atoms with Gasteiger partial charge in [-0.2, -0.15) is 0 Å². The van der Waals surface area contributed by atoms with Crippen LogP contribution in [-0.2, 0) is 19.1 Å². The zero-order valence-corrected chi connectivity index (χ0v) is 18.8. The van der Waals surface area contributed by atoms with Crippen molar-refractivity contribution in [3.63, 3.8) is 0 Å². The third kappa shape index (κ3) is 5.88. The van der Waals surface area contributed by atoms with Crippen molar-refractivity contribution in [1.29, 1.82) is 0 Å². The van der Waals surface area contributed by atoms with E-state index in [2.05, 4.69) is 10.2 Å².